The monoisotopic (exact) mass is 323 g/mol. The molecule has 1 unspecified atom stereocenters. The lowest BCUT2D eigenvalue weighted by Gasteiger charge is -2.15. The van der Waals surface area contributed by atoms with Crippen LogP contribution in [0.2, 0.25) is 0 Å². The Morgan fingerprint density at radius 3 is 2.58 bits per heavy atom. The summed E-state index contributed by atoms with van der Waals surface area (Å²) in [6.07, 6.45) is 3.42. The lowest BCUT2D eigenvalue weighted by atomic mass is 9.98. The van der Waals surface area contributed by atoms with E-state index in [9.17, 15) is 14.7 Å². The van der Waals surface area contributed by atoms with Crippen LogP contribution >= 0.6 is 0 Å². The van der Waals surface area contributed by atoms with E-state index in [0.717, 1.165) is 30.4 Å². The normalized spacial score (nSPS) is 14.0. The highest BCUT2D eigenvalue weighted by molar-refractivity contribution is 5.96. The SMILES string of the molecule is O=C(NCC(Cc1ccccc1)C(=O)O)c1cccc2c1CCC2. The van der Waals surface area contributed by atoms with Gasteiger partial charge >= 0.3 is 5.97 Å². The average molecular weight is 323 g/mol. The molecule has 2 aromatic rings. The third kappa shape index (κ3) is 3.65. The van der Waals surface area contributed by atoms with Crippen LogP contribution in [0.15, 0.2) is 48.5 Å². The molecule has 0 bridgehead atoms. The summed E-state index contributed by atoms with van der Waals surface area (Å²) in [5, 5.41) is 12.2. The Morgan fingerprint density at radius 1 is 1.04 bits per heavy atom. The summed E-state index contributed by atoms with van der Waals surface area (Å²) >= 11 is 0. The number of aryl methyl sites for hydroxylation is 1. The zero-order valence-electron chi connectivity index (χ0n) is 13.5. The summed E-state index contributed by atoms with van der Waals surface area (Å²) in [6.45, 7) is 0.132. The van der Waals surface area contributed by atoms with Crippen LogP contribution in [0.3, 0.4) is 0 Å². The van der Waals surface area contributed by atoms with Crippen LogP contribution in [-0.2, 0) is 24.1 Å². The zero-order chi connectivity index (χ0) is 16.9. The molecular formula is C20H21NO3. The molecule has 24 heavy (non-hydrogen) atoms. The first kappa shape index (κ1) is 16.2. The second kappa shape index (κ2) is 7.30. The number of carboxylic acid groups (broad SMARTS) is 1. The third-order valence-electron chi connectivity index (χ3n) is 4.57. The Kier molecular flexibility index (Phi) is 4.94. The second-order valence-electron chi connectivity index (χ2n) is 6.23. The lowest BCUT2D eigenvalue weighted by molar-refractivity contribution is -0.141. The zero-order valence-corrected chi connectivity index (χ0v) is 13.5. The van der Waals surface area contributed by atoms with E-state index < -0.39 is 11.9 Å². The molecule has 2 aromatic carbocycles. The second-order valence-corrected chi connectivity index (χ2v) is 6.23. The van der Waals surface area contributed by atoms with E-state index in [-0.39, 0.29) is 12.5 Å². The minimum atomic E-state index is -0.891. The van der Waals surface area contributed by atoms with Crippen molar-refractivity contribution in [3.05, 3.63) is 70.8 Å². The van der Waals surface area contributed by atoms with Gasteiger partial charge in [0.15, 0.2) is 0 Å². The number of rotatable bonds is 6. The van der Waals surface area contributed by atoms with E-state index in [1.165, 1.54) is 5.56 Å². The van der Waals surface area contributed by atoms with Gasteiger partial charge in [-0.25, -0.2) is 0 Å². The molecule has 124 valence electrons. The maximum Gasteiger partial charge on any atom is 0.308 e. The summed E-state index contributed by atoms with van der Waals surface area (Å²) < 4.78 is 0. The summed E-state index contributed by atoms with van der Waals surface area (Å²) in [4.78, 5) is 24.0. The van der Waals surface area contributed by atoms with E-state index in [4.69, 9.17) is 0 Å². The fourth-order valence-corrected chi connectivity index (χ4v) is 3.29. The molecule has 0 spiro atoms. The van der Waals surface area contributed by atoms with Crippen molar-refractivity contribution < 1.29 is 14.7 Å². The highest BCUT2D eigenvalue weighted by Gasteiger charge is 2.22. The fourth-order valence-electron chi connectivity index (χ4n) is 3.29. The number of fused-ring (bicyclic) bond motifs is 1. The van der Waals surface area contributed by atoms with Gasteiger partial charge in [-0.15, -0.1) is 0 Å². The molecule has 1 aliphatic rings. The number of carbonyl (C=O) groups is 2. The van der Waals surface area contributed by atoms with Crippen molar-refractivity contribution in [1.29, 1.82) is 0 Å². The van der Waals surface area contributed by atoms with Gasteiger partial charge in [0.05, 0.1) is 5.92 Å². The van der Waals surface area contributed by atoms with Gasteiger partial charge in [0.1, 0.15) is 0 Å². The van der Waals surface area contributed by atoms with Crippen LogP contribution in [0.25, 0.3) is 0 Å². The Labute approximate surface area is 141 Å². The van der Waals surface area contributed by atoms with Crippen LogP contribution in [0.4, 0.5) is 0 Å². The molecule has 0 aromatic heterocycles. The first-order valence-corrected chi connectivity index (χ1v) is 8.31. The number of carboxylic acids is 1. The van der Waals surface area contributed by atoms with E-state index in [0.29, 0.717) is 12.0 Å². The number of amides is 1. The van der Waals surface area contributed by atoms with Gasteiger partial charge in [0, 0.05) is 12.1 Å². The Morgan fingerprint density at radius 2 is 1.83 bits per heavy atom. The van der Waals surface area contributed by atoms with Crippen molar-refractivity contribution in [3.63, 3.8) is 0 Å². The van der Waals surface area contributed by atoms with Crippen molar-refractivity contribution in [2.75, 3.05) is 6.54 Å². The van der Waals surface area contributed by atoms with Gasteiger partial charge in [0.25, 0.3) is 5.91 Å². The van der Waals surface area contributed by atoms with Gasteiger partial charge in [0.2, 0.25) is 0 Å². The van der Waals surface area contributed by atoms with Crippen molar-refractivity contribution in [2.45, 2.75) is 25.7 Å². The first-order chi connectivity index (χ1) is 11.6. The molecule has 3 rings (SSSR count). The molecule has 4 nitrogen and oxygen atoms in total. The average Bonchev–Trinajstić information content (AvgIpc) is 3.07. The smallest absolute Gasteiger partial charge is 0.308 e. The standard InChI is InChI=1S/C20H21NO3/c22-19(18-11-5-9-15-8-4-10-17(15)18)21-13-16(20(23)24)12-14-6-2-1-3-7-14/h1-3,5-7,9,11,16H,4,8,10,12-13H2,(H,21,22)(H,23,24). The van der Waals surface area contributed by atoms with Gasteiger partial charge in [-0.05, 0) is 48.4 Å². The van der Waals surface area contributed by atoms with E-state index >= 15 is 0 Å². The molecule has 0 fully saturated rings. The van der Waals surface area contributed by atoms with Gasteiger partial charge in [-0.1, -0.05) is 42.5 Å². The Balaban J connectivity index is 1.66. The predicted octanol–water partition coefficient (Wildman–Crippen LogP) is 2.85. The number of benzene rings is 2. The Hall–Kier alpha value is -2.62. The topological polar surface area (TPSA) is 66.4 Å². The van der Waals surface area contributed by atoms with Crippen LogP contribution < -0.4 is 5.32 Å². The number of nitrogens with one attached hydrogen (secondary N) is 1. The van der Waals surface area contributed by atoms with Crippen LogP contribution in [0.5, 0.6) is 0 Å². The molecule has 1 aliphatic carbocycles. The molecule has 4 heteroatoms. The number of hydrogen-bond acceptors (Lipinski definition) is 2. The summed E-state index contributed by atoms with van der Waals surface area (Å²) in [7, 11) is 0. The molecule has 0 radical (unpaired) electrons. The van der Waals surface area contributed by atoms with Crippen LogP contribution in [0, 0.1) is 5.92 Å². The quantitative estimate of drug-likeness (QED) is 0.859. The van der Waals surface area contributed by atoms with Crippen molar-refractivity contribution in [1.82, 2.24) is 5.32 Å². The van der Waals surface area contributed by atoms with Gasteiger partial charge < -0.3 is 10.4 Å². The van der Waals surface area contributed by atoms with Crippen LogP contribution in [-0.4, -0.2) is 23.5 Å². The van der Waals surface area contributed by atoms with Crippen molar-refractivity contribution in [2.24, 2.45) is 5.92 Å². The fraction of sp³-hybridized carbons (Fsp3) is 0.300. The maximum atomic E-state index is 12.5. The number of aliphatic carboxylic acids is 1. The molecule has 0 aliphatic heterocycles. The van der Waals surface area contributed by atoms with E-state index in [2.05, 4.69) is 11.4 Å². The predicted molar refractivity (Wildman–Crippen MR) is 92.1 cm³/mol. The molecule has 1 amide bonds. The van der Waals surface area contributed by atoms with Gasteiger partial charge in [-0.2, -0.15) is 0 Å². The summed E-state index contributed by atoms with van der Waals surface area (Å²) in [6, 6.07) is 15.3. The van der Waals surface area contributed by atoms with Crippen molar-refractivity contribution >= 4 is 11.9 Å². The van der Waals surface area contributed by atoms with Crippen molar-refractivity contribution in [3.8, 4) is 0 Å². The third-order valence-corrected chi connectivity index (χ3v) is 4.57. The van der Waals surface area contributed by atoms with Gasteiger partial charge in [-0.3, -0.25) is 9.59 Å². The first-order valence-electron chi connectivity index (χ1n) is 8.31. The lowest BCUT2D eigenvalue weighted by Crippen LogP contribution is -2.34. The van der Waals surface area contributed by atoms with E-state index in [1.54, 1.807) is 0 Å². The minimum Gasteiger partial charge on any atom is -0.481 e. The number of carbonyl (C=O) groups excluding carboxylic acids is 1. The maximum absolute atomic E-state index is 12.5. The number of hydrogen-bond donors (Lipinski definition) is 2. The molecular weight excluding hydrogens is 302 g/mol. The molecule has 2 N–H and O–H groups in total. The van der Waals surface area contributed by atoms with E-state index in [1.807, 2.05) is 42.5 Å². The molecule has 1 atom stereocenters. The Bertz CT molecular complexity index is 740. The minimum absolute atomic E-state index is 0.132. The summed E-state index contributed by atoms with van der Waals surface area (Å²) in [5.74, 6) is -1.70. The molecule has 0 heterocycles. The molecule has 0 saturated heterocycles. The molecule has 0 saturated carbocycles. The van der Waals surface area contributed by atoms with Crippen LogP contribution in [0.1, 0.15) is 33.5 Å². The summed E-state index contributed by atoms with van der Waals surface area (Å²) in [5.41, 5.74) is 4.00. The highest BCUT2D eigenvalue weighted by atomic mass is 16.4. The highest BCUT2D eigenvalue weighted by Crippen LogP contribution is 2.25. The largest absolute Gasteiger partial charge is 0.481 e.